The first-order valence-electron chi connectivity index (χ1n) is 6.26. The Labute approximate surface area is 98.9 Å². The van der Waals surface area contributed by atoms with Gasteiger partial charge in [-0.25, -0.2) is 0 Å². The standard InChI is InChI=1S/C12H26N2O2/c1-3-4-5-6-7-9-16-10-8-11(14-2)12(13)15/h11,14H,3-10H2,1-2H3,(H2,13,15). The largest absolute Gasteiger partial charge is 0.381 e. The Morgan fingerprint density at radius 1 is 1.25 bits per heavy atom. The number of carbonyl (C=O) groups is 1. The van der Waals surface area contributed by atoms with Crippen molar-refractivity contribution in [1.29, 1.82) is 0 Å². The average Bonchev–Trinajstić information content (AvgIpc) is 2.26. The van der Waals surface area contributed by atoms with Gasteiger partial charge in [0.15, 0.2) is 0 Å². The van der Waals surface area contributed by atoms with Crippen LogP contribution in [0.1, 0.15) is 45.4 Å². The van der Waals surface area contributed by atoms with Gasteiger partial charge in [-0.05, 0) is 19.9 Å². The number of nitrogens with one attached hydrogen (secondary N) is 1. The molecule has 0 aromatic rings. The Morgan fingerprint density at radius 3 is 2.50 bits per heavy atom. The van der Waals surface area contributed by atoms with Crippen LogP contribution in [0.25, 0.3) is 0 Å². The number of primary amides is 1. The molecule has 0 rings (SSSR count). The van der Waals surface area contributed by atoms with Crippen molar-refractivity contribution in [3.63, 3.8) is 0 Å². The van der Waals surface area contributed by atoms with Crippen LogP contribution < -0.4 is 11.1 Å². The second-order valence-electron chi connectivity index (χ2n) is 4.06. The number of unbranched alkanes of at least 4 members (excludes halogenated alkanes) is 4. The molecule has 0 aromatic carbocycles. The quantitative estimate of drug-likeness (QED) is 0.528. The predicted octanol–water partition coefficient (Wildman–Crippen LogP) is 1.44. The van der Waals surface area contributed by atoms with Crippen molar-refractivity contribution in [2.24, 2.45) is 5.73 Å². The number of rotatable bonds is 11. The van der Waals surface area contributed by atoms with Gasteiger partial charge in [0.25, 0.3) is 0 Å². The maximum Gasteiger partial charge on any atom is 0.234 e. The first-order valence-corrected chi connectivity index (χ1v) is 6.26. The first-order chi connectivity index (χ1) is 7.72. The molecule has 1 amide bonds. The lowest BCUT2D eigenvalue weighted by molar-refractivity contribution is -0.120. The molecule has 0 aliphatic carbocycles. The van der Waals surface area contributed by atoms with E-state index in [1.165, 1.54) is 25.7 Å². The zero-order valence-electron chi connectivity index (χ0n) is 10.6. The SMILES string of the molecule is CCCCCCCOCCC(NC)C(N)=O. The fourth-order valence-electron chi connectivity index (χ4n) is 1.54. The van der Waals surface area contributed by atoms with Gasteiger partial charge in [-0.1, -0.05) is 32.6 Å². The number of carbonyl (C=O) groups excluding carboxylic acids is 1. The van der Waals surface area contributed by atoms with Crippen LogP contribution >= 0.6 is 0 Å². The summed E-state index contributed by atoms with van der Waals surface area (Å²) >= 11 is 0. The molecule has 1 atom stereocenters. The number of ether oxygens (including phenoxy) is 1. The minimum Gasteiger partial charge on any atom is -0.381 e. The van der Waals surface area contributed by atoms with Crippen LogP contribution in [-0.4, -0.2) is 32.2 Å². The Hall–Kier alpha value is -0.610. The van der Waals surface area contributed by atoms with Gasteiger partial charge >= 0.3 is 0 Å². The van der Waals surface area contributed by atoms with Crippen molar-refractivity contribution in [3.05, 3.63) is 0 Å². The highest BCUT2D eigenvalue weighted by Crippen LogP contribution is 2.02. The molecule has 96 valence electrons. The van der Waals surface area contributed by atoms with E-state index in [4.69, 9.17) is 10.5 Å². The number of nitrogens with two attached hydrogens (primary N) is 1. The average molecular weight is 230 g/mol. The van der Waals surface area contributed by atoms with E-state index in [1.807, 2.05) is 0 Å². The summed E-state index contributed by atoms with van der Waals surface area (Å²) in [4.78, 5) is 10.9. The molecule has 1 unspecified atom stereocenters. The minimum absolute atomic E-state index is 0.264. The van der Waals surface area contributed by atoms with Gasteiger partial charge < -0.3 is 15.8 Å². The predicted molar refractivity (Wildman–Crippen MR) is 66.2 cm³/mol. The van der Waals surface area contributed by atoms with Gasteiger partial charge in [0.1, 0.15) is 0 Å². The minimum atomic E-state index is -0.311. The zero-order chi connectivity index (χ0) is 12.2. The van der Waals surface area contributed by atoms with Gasteiger partial charge in [0.05, 0.1) is 6.04 Å². The second kappa shape index (κ2) is 10.9. The van der Waals surface area contributed by atoms with Crippen LogP contribution in [0.15, 0.2) is 0 Å². The number of hydrogen-bond acceptors (Lipinski definition) is 3. The molecule has 0 aromatic heterocycles. The number of amides is 1. The molecule has 3 N–H and O–H groups in total. The lowest BCUT2D eigenvalue weighted by Gasteiger charge is -2.11. The van der Waals surface area contributed by atoms with Crippen LogP contribution in [0.5, 0.6) is 0 Å². The molecule has 0 radical (unpaired) electrons. The Kier molecular flexibility index (Phi) is 10.5. The smallest absolute Gasteiger partial charge is 0.234 e. The number of hydrogen-bond donors (Lipinski definition) is 2. The normalized spacial score (nSPS) is 12.6. The van der Waals surface area contributed by atoms with Crippen molar-refractivity contribution in [2.75, 3.05) is 20.3 Å². The number of likely N-dealkylation sites (N-methyl/N-ethyl adjacent to an activating group) is 1. The molecular weight excluding hydrogens is 204 g/mol. The van der Waals surface area contributed by atoms with E-state index < -0.39 is 0 Å². The second-order valence-corrected chi connectivity index (χ2v) is 4.06. The fourth-order valence-corrected chi connectivity index (χ4v) is 1.54. The van der Waals surface area contributed by atoms with Crippen molar-refractivity contribution in [1.82, 2.24) is 5.32 Å². The Bertz CT molecular complexity index is 174. The maximum absolute atomic E-state index is 10.9. The third kappa shape index (κ3) is 8.68. The molecule has 0 spiro atoms. The molecule has 0 saturated carbocycles. The van der Waals surface area contributed by atoms with Gasteiger partial charge in [0, 0.05) is 13.2 Å². The van der Waals surface area contributed by atoms with Crippen molar-refractivity contribution in [2.45, 2.75) is 51.5 Å². The summed E-state index contributed by atoms with van der Waals surface area (Å²) in [6.07, 6.45) is 6.87. The van der Waals surface area contributed by atoms with E-state index in [0.717, 1.165) is 13.0 Å². The van der Waals surface area contributed by atoms with Crippen molar-refractivity contribution < 1.29 is 9.53 Å². The van der Waals surface area contributed by atoms with Gasteiger partial charge in [-0.15, -0.1) is 0 Å². The summed E-state index contributed by atoms with van der Waals surface area (Å²) < 4.78 is 5.45. The summed E-state index contributed by atoms with van der Waals surface area (Å²) in [5.41, 5.74) is 5.19. The molecule has 0 fully saturated rings. The monoisotopic (exact) mass is 230 g/mol. The Balaban J connectivity index is 3.22. The molecule has 4 nitrogen and oxygen atoms in total. The Morgan fingerprint density at radius 2 is 1.94 bits per heavy atom. The van der Waals surface area contributed by atoms with Crippen molar-refractivity contribution in [3.8, 4) is 0 Å². The zero-order valence-corrected chi connectivity index (χ0v) is 10.6. The lowest BCUT2D eigenvalue weighted by Crippen LogP contribution is -2.39. The van der Waals surface area contributed by atoms with Crippen molar-refractivity contribution >= 4 is 5.91 Å². The van der Waals surface area contributed by atoms with Crippen LogP contribution in [-0.2, 0) is 9.53 Å². The molecule has 4 heteroatoms. The summed E-state index contributed by atoms with van der Waals surface area (Å²) in [7, 11) is 1.74. The molecule has 16 heavy (non-hydrogen) atoms. The summed E-state index contributed by atoms with van der Waals surface area (Å²) in [6, 6.07) is -0.264. The van der Waals surface area contributed by atoms with E-state index in [9.17, 15) is 4.79 Å². The van der Waals surface area contributed by atoms with Crippen LogP contribution in [0.3, 0.4) is 0 Å². The summed E-state index contributed by atoms with van der Waals surface area (Å²) in [6.45, 7) is 3.60. The molecule has 0 bridgehead atoms. The highest BCUT2D eigenvalue weighted by atomic mass is 16.5. The highest BCUT2D eigenvalue weighted by molar-refractivity contribution is 5.79. The van der Waals surface area contributed by atoms with Gasteiger partial charge in [0.2, 0.25) is 5.91 Å². The lowest BCUT2D eigenvalue weighted by atomic mass is 10.2. The van der Waals surface area contributed by atoms with E-state index >= 15 is 0 Å². The molecule has 0 aliphatic rings. The van der Waals surface area contributed by atoms with Gasteiger partial charge in [-0.2, -0.15) is 0 Å². The fraction of sp³-hybridized carbons (Fsp3) is 0.917. The topological polar surface area (TPSA) is 64.3 Å². The molecule has 0 aliphatic heterocycles. The highest BCUT2D eigenvalue weighted by Gasteiger charge is 2.11. The first kappa shape index (κ1) is 15.4. The molecule has 0 heterocycles. The van der Waals surface area contributed by atoms with Crippen LogP contribution in [0.4, 0.5) is 0 Å². The molecule has 0 saturated heterocycles. The maximum atomic E-state index is 10.9. The van der Waals surface area contributed by atoms with E-state index in [0.29, 0.717) is 13.0 Å². The van der Waals surface area contributed by atoms with Crippen LogP contribution in [0.2, 0.25) is 0 Å². The van der Waals surface area contributed by atoms with E-state index in [2.05, 4.69) is 12.2 Å². The molecular formula is C12H26N2O2. The van der Waals surface area contributed by atoms with E-state index in [1.54, 1.807) is 7.05 Å². The summed E-state index contributed by atoms with van der Waals surface area (Å²) in [5.74, 6) is -0.311. The van der Waals surface area contributed by atoms with Gasteiger partial charge in [-0.3, -0.25) is 4.79 Å². The summed E-state index contributed by atoms with van der Waals surface area (Å²) in [5, 5.41) is 2.87. The van der Waals surface area contributed by atoms with Crippen LogP contribution in [0, 0.1) is 0 Å². The third-order valence-electron chi connectivity index (χ3n) is 2.63. The third-order valence-corrected chi connectivity index (χ3v) is 2.63. The van der Waals surface area contributed by atoms with E-state index in [-0.39, 0.29) is 11.9 Å².